The zero-order chi connectivity index (χ0) is 30.7. The van der Waals surface area contributed by atoms with E-state index in [1.165, 1.54) is 4.90 Å². The van der Waals surface area contributed by atoms with Crippen molar-refractivity contribution in [1.29, 1.82) is 0 Å². The van der Waals surface area contributed by atoms with Crippen molar-refractivity contribution in [2.45, 2.75) is 86.3 Å². The molecule has 0 radical (unpaired) electrons. The predicted octanol–water partition coefficient (Wildman–Crippen LogP) is 3.52. The van der Waals surface area contributed by atoms with E-state index in [0.717, 1.165) is 0 Å². The Morgan fingerprint density at radius 3 is 1.27 bits per heavy atom. The Hall–Kier alpha value is -1.72. The van der Waals surface area contributed by atoms with Gasteiger partial charge >= 0.3 is 0 Å². The molecule has 0 aliphatic heterocycles. The van der Waals surface area contributed by atoms with Gasteiger partial charge in [0.2, 0.25) is 5.91 Å². The fraction of sp³-hybridized carbons (Fsp3) is 0.867. The van der Waals surface area contributed by atoms with Crippen molar-refractivity contribution >= 4 is 23.3 Å². The topological polar surface area (TPSA) is 118 Å². The van der Waals surface area contributed by atoms with Crippen molar-refractivity contribution < 1.29 is 42.9 Å². The molecular formula is C30H55NO9. The third kappa shape index (κ3) is 16.5. The highest BCUT2D eigenvalue weighted by Crippen LogP contribution is 2.19. The van der Waals surface area contributed by atoms with Gasteiger partial charge in [-0.15, -0.1) is 0 Å². The fourth-order valence-electron chi connectivity index (χ4n) is 3.45. The van der Waals surface area contributed by atoms with Crippen LogP contribution in [0.25, 0.3) is 0 Å². The first kappa shape index (κ1) is 38.3. The van der Waals surface area contributed by atoms with Crippen molar-refractivity contribution in [3.05, 3.63) is 0 Å². The summed E-state index contributed by atoms with van der Waals surface area (Å²) in [5, 5.41) is 0. The number of hydrogen-bond acceptors (Lipinski definition) is 9. The SMILES string of the molecule is CC(C)OCCOCC(=O)N(C)C(COCCC(=O)C(C)C)(COCCC(=O)C(C)C)COCCC(=O)C(C)C. The Labute approximate surface area is 241 Å². The smallest absolute Gasteiger partial charge is 0.249 e. The van der Waals surface area contributed by atoms with Gasteiger partial charge in [0, 0.05) is 44.1 Å². The first-order valence-corrected chi connectivity index (χ1v) is 14.5. The van der Waals surface area contributed by atoms with Gasteiger partial charge in [-0.25, -0.2) is 0 Å². The van der Waals surface area contributed by atoms with Gasteiger partial charge in [0.1, 0.15) is 29.5 Å². The van der Waals surface area contributed by atoms with Crippen LogP contribution < -0.4 is 0 Å². The molecule has 0 fully saturated rings. The van der Waals surface area contributed by atoms with Gasteiger partial charge in [-0.2, -0.15) is 0 Å². The molecule has 0 saturated heterocycles. The van der Waals surface area contributed by atoms with Gasteiger partial charge in [0.25, 0.3) is 0 Å². The molecule has 10 nitrogen and oxygen atoms in total. The molecule has 0 atom stereocenters. The molecule has 0 bridgehead atoms. The van der Waals surface area contributed by atoms with Crippen molar-refractivity contribution in [3.63, 3.8) is 0 Å². The standard InChI is InChI=1S/C30H55NO9/c1-22(2)26(32)10-13-37-19-30(20-38-14-11-27(33)23(3)4,21-39-15-12-28(34)24(5)6)31(9)29(35)18-36-16-17-40-25(7)8/h22-25H,10-21H2,1-9H3. The molecule has 0 saturated carbocycles. The molecule has 0 heterocycles. The molecule has 40 heavy (non-hydrogen) atoms. The van der Waals surface area contributed by atoms with E-state index in [-0.39, 0.29) is 119 Å². The molecule has 10 heteroatoms. The van der Waals surface area contributed by atoms with Crippen LogP contribution in [-0.2, 0) is 42.9 Å². The normalized spacial score (nSPS) is 12.1. The van der Waals surface area contributed by atoms with Crippen LogP contribution in [0.3, 0.4) is 0 Å². The summed E-state index contributed by atoms with van der Waals surface area (Å²) in [4.78, 5) is 51.0. The third-order valence-corrected chi connectivity index (χ3v) is 6.51. The summed E-state index contributed by atoms with van der Waals surface area (Å²) >= 11 is 0. The average Bonchev–Trinajstić information content (AvgIpc) is 2.89. The monoisotopic (exact) mass is 573 g/mol. The molecule has 0 aromatic heterocycles. The van der Waals surface area contributed by atoms with E-state index in [2.05, 4.69) is 0 Å². The van der Waals surface area contributed by atoms with Gasteiger partial charge in [-0.3, -0.25) is 19.2 Å². The number of carbonyl (C=O) groups excluding carboxylic acids is 4. The van der Waals surface area contributed by atoms with Gasteiger partial charge in [0.05, 0.1) is 59.0 Å². The number of likely N-dealkylation sites (N-methyl/N-ethyl adjacent to an activating group) is 1. The van der Waals surface area contributed by atoms with Crippen LogP contribution in [-0.4, -0.2) is 106 Å². The zero-order valence-electron chi connectivity index (χ0n) is 26.4. The number of hydrogen-bond donors (Lipinski definition) is 0. The Morgan fingerprint density at radius 1 is 0.575 bits per heavy atom. The van der Waals surface area contributed by atoms with E-state index in [9.17, 15) is 19.2 Å². The van der Waals surface area contributed by atoms with Crippen LogP contribution in [0.15, 0.2) is 0 Å². The van der Waals surface area contributed by atoms with Gasteiger partial charge in [0.15, 0.2) is 0 Å². The van der Waals surface area contributed by atoms with E-state index in [1.807, 2.05) is 55.4 Å². The lowest BCUT2D eigenvalue weighted by molar-refractivity contribution is -0.155. The minimum Gasteiger partial charge on any atom is -0.378 e. The van der Waals surface area contributed by atoms with E-state index in [1.54, 1.807) is 7.05 Å². The summed E-state index contributed by atoms with van der Waals surface area (Å²) in [6.45, 7) is 16.0. The van der Waals surface area contributed by atoms with Crippen molar-refractivity contribution in [3.8, 4) is 0 Å². The first-order valence-electron chi connectivity index (χ1n) is 14.5. The van der Waals surface area contributed by atoms with Crippen LogP contribution >= 0.6 is 0 Å². The van der Waals surface area contributed by atoms with Crippen molar-refractivity contribution in [2.75, 3.05) is 66.5 Å². The molecular weight excluding hydrogens is 518 g/mol. The number of amides is 1. The zero-order valence-corrected chi connectivity index (χ0v) is 26.4. The number of nitrogens with zero attached hydrogens (tertiary/aromatic N) is 1. The lowest BCUT2D eigenvalue weighted by Crippen LogP contribution is -2.60. The lowest BCUT2D eigenvalue weighted by Gasteiger charge is -2.41. The van der Waals surface area contributed by atoms with Gasteiger partial charge < -0.3 is 28.6 Å². The summed E-state index contributed by atoms with van der Waals surface area (Å²) in [5.74, 6) is -0.360. The van der Waals surface area contributed by atoms with Crippen LogP contribution in [0.2, 0.25) is 0 Å². The second-order valence-corrected chi connectivity index (χ2v) is 11.4. The van der Waals surface area contributed by atoms with E-state index >= 15 is 0 Å². The maximum absolute atomic E-state index is 13.2. The Balaban J connectivity index is 5.61. The maximum atomic E-state index is 13.2. The lowest BCUT2D eigenvalue weighted by atomic mass is 10.00. The molecule has 0 aliphatic rings. The second kappa shape index (κ2) is 21.1. The summed E-state index contributed by atoms with van der Waals surface area (Å²) in [6.07, 6.45) is 0.807. The number of ketones is 3. The number of ether oxygens (including phenoxy) is 5. The van der Waals surface area contributed by atoms with Crippen molar-refractivity contribution in [2.24, 2.45) is 17.8 Å². The first-order chi connectivity index (χ1) is 18.7. The van der Waals surface area contributed by atoms with Crippen LogP contribution in [0.1, 0.15) is 74.7 Å². The van der Waals surface area contributed by atoms with E-state index in [4.69, 9.17) is 23.7 Å². The third-order valence-electron chi connectivity index (χ3n) is 6.51. The summed E-state index contributed by atoms with van der Waals surface area (Å²) in [6, 6.07) is 0. The molecule has 234 valence electrons. The average molecular weight is 574 g/mol. The second-order valence-electron chi connectivity index (χ2n) is 11.4. The molecule has 0 aliphatic carbocycles. The highest BCUT2D eigenvalue weighted by molar-refractivity contribution is 5.81. The molecule has 0 aromatic rings. The highest BCUT2D eigenvalue weighted by Gasteiger charge is 2.39. The highest BCUT2D eigenvalue weighted by atomic mass is 16.5. The number of carbonyl (C=O) groups is 4. The van der Waals surface area contributed by atoms with Crippen molar-refractivity contribution in [1.82, 2.24) is 4.90 Å². The van der Waals surface area contributed by atoms with Gasteiger partial charge in [-0.1, -0.05) is 41.5 Å². The molecule has 0 unspecified atom stereocenters. The minimum atomic E-state index is -1.07. The van der Waals surface area contributed by atoms with Crippen LogP contribution in [0.5, 0.6) is 0 Å². The van der Waals surface area contributed by atoms with Gasteiger partial charge in [-0.05, 0) is 13.8 Å². The van der Waals surface area contributed by atoms with Crippen LogP contribution in [0.4, 0.5) is 0 Å². The maximum Gasteiger partial charge on any atom is 0.249 e. The molecule has 0 rings (SSSR count). The predicted molar refractivity (Wildman–Crippen MR) is 153 cm³/mol. The molecule has 1 amide bonds. The molecule has 0 spiro atoms. The number of rotatable bonds is 25. The molecule has 0 N–H and O–H groups in total. The fourth-order valence-corrected chi connectivity index (χ4v) is 3.45. The minimum absolute atomic E-state index is 0.0350. The Kier molecular flexibility index (Phi) is 20.1. The molecule has 0 aromatic carbocycles. The summed E-state index contributed by atoms with van der Waals surface area (Å²) < 4.78 is 28.8. The van der Waals surface area contributed by atoms with E-state index in [0.29, 0.717) is 6.61 Å². The quantitative estimate of drug-likeness (QED) is 0.151. The summed E-state index contributed by atoms with van der Waals surface area (Å²) in [5.41, 5.74) is -1.07. The largest absolute Gasteiger partial charge is 0.378 e. The summed E-state index contributed by atoms with van der Waals surface area (Å²) in [7, 11) is 1.63. The van der Waals surface area contributed by atoms with Crippen LogP contribution in [0, 0.1) is 17.8 Å². The Bertz CT molecular complexity index is 680. The number of Topliss-reactive ketones (excluding diaryl/α,β-unsaturated/α-hetero) is 3. The van der Waals surface area contributed by atoms with E-state index < -0.39 is 5.54 Å². The Morgan fingerprint density at radius 2 is 0.950 bits per heavy atom.